The monoisotopic (exact) mass is 295 g/mol. The van der Waals surface area contributed by atoms with Crippen molar-refractivity contribution in [1.82, 2.24) is 5.32 Å². The Hall–Kier alpha value is -1.83. The summed E-state index contributed by atoms with van der Waals surface area (Å²) in [6.07, 6.45) is 0. The summed E-state index contributed by atoms with van der Waals surface area (Å²) < 4.78 is 0. The molecule has 3 rings (SSSR count). The van der Waals surface area contributed by atoms with Gasteiger partial charge in [-0.1, -0.05) is 60.1 Å². The smallest absolute Gasteiger partial charge is 0.0583 e. The Morgan fingerprint density at radius 1 is 0.905 bits per heavy atom. The van der Waals surface area contributed by atoms with Crippen LogP contribution in [0.3, 0.4) is 0 Å². The van der Waals surface area contributed by atoms with Gasteiger partial charge in [0.1, 0.15) is 0 Å². The standard InChI is InChI=1S/C19H18ClN/c1-13-10-11-15(20)12-18(13)19(21-2)17-9-5-7-14-6-3-4-8-16(14)17/h3-12,19,21H,1-2H3. The Bertz CT molecular complexity index is 774. The number of hydrogen-bond acceptors (Lipinski definition) is 1. The third-order valence-corrected chi connectivity index (χ3v) is 4.21. The second-order valence-electron chi connectivity index (χ2n) is 5.29. The van der Waals surface area contributed by atoms with E-state index in [1.54, 1.807) is 0 Å². The fourth-order valence-electron chi connectivity index (χ4n) is 2.90. The Kier molecular flexibility index (Phi) is 3.96. The number of rotatable bonds is 3. The van der Waals surface area contributed by atoms with E-state index in [0.717, 1.165) is 5.02 Å². The van der Waals surface area contributed by atoms with E-state index in [1.165, 1.54) is 27.5 Å². The second-order valence-corrected chi connectivity index (χ2v) is 5.73. The van der Waals surface area contributed by atoms with Gasteiger partial charge >= 0.3 is 0 Å². The molecule has 0 radical (unpaired) electrons. The molecule has 0 aliphatic rings. The average Bonchev–Trinajstić information content (AvgIpc) is 2.51. The van der Waals surface area contributed by atoms with E-state index in [2.05, 4.69) is 66.8 Å². The highest BCUT2D eigenvalue weighted by atomic mass is 35.5. The highest BCUT2D eigenvalue weighted by molar-refractivity contribution is 6.30. The summed E-state index contributed by atoms with van der Waals surface area (Å²) >= 11 is 6.20. The van der Waals surface area contributed by atoms with Gasteiger partial charge in [0.05, 0.1) is 6.04 Å². The van der Waals surface area contributed by atoms with Crippen LogP contribution >= 0.6 is 11.6 Å². The molecule has 3 aromatic rings. The number of halogens is 1. The van der Waals surface area contributed by atoms with Crippen molar-refractivity contribution in [1.29, 1.82) is 0 Å². The maximum atomic E-state index is 6.20. The summed E-state index contributed by atoms with van der Waals surface area (Å²) in [6, 6.07) is 21.1. The van der Waals surface area contributed by atoms with Gasteiger partial charge in [0, 0.05) is 5.02 Å². The largest absolute Gasteiger partial charge is 0.309 e. The lowest BCUT2D eigenvalue weighted by Gasteiger charge is -2.21. The molecule has 0 aliphatic heterocycles. The zero-order valence-electron chi connectivity index (χ0n) is 12.2. The van der Waals surface area contributed by atoms with Crippen molar-refractivity contribution < 1.29 is 0 Å². The maximum Gasteiger partial charge on any atom is 0.0583 e. The first-order valence-corrected chi connectivity index (χ1v) is 7.49. The van der Waals surface area contributed by atoms with Crippen LogP contribution in [0.25, 0.3) is 10.8 Å². The summed E-state index contributed by atoms with van der Waals surface area (Å²) in [7, 11) is 1.99. The van der Waals surface area contributed by atoms with E-state index in [9.17, 15) is 0 Å². The predicted octanol–water partition coefficient (Wildman–Crippen LogP) is 5.11. The number of benzene rings is 3. The van der Waals surface area contributed by atoms with Gasteiger partial charge in [-0.05, 0) is 53.6 Å². The van der Waals surface area contributed by atoms with E-state index < -0.39 is 0 Å². The number of nitrogens with one attached hydrogen (secondary N) is 1. The molecule has 0 bridgehead atoms. The zero-order valence-corrected chi connectivity index (χ0v) is 13.0. The quantitative estimate of drug-likeness (QED) is 0.708. The highest BCUT2D eigenvalue weighted by Gasteiger charge is 2.16. The Labute approximate surface area is 130 Å². The van der Waals surface area contributed by atoms with Crippen LogP contribution in [0.5, 0.6) is 0 Å². The minimum atomic E-state index is 0.134. The molecule has 1 nitrogen and oxygen atoms in total. The van der Waals surface area contributed by atoms with E-state index in [0.29, 0.717) is 0 Å². The lowest BCUT2D eigenvalue weighted by atomic mass is 9.91. The molecule has 2 heteroatoms. The fourth-order valence-corrected chi connectivity index (χ4v) is 3.08. The SMILES string of the molecule is CNC(c1cc(Cl)ccc1C)c1cccc2ccccc12. The molecule has 0 aromatic heterocycles. The summed E-state index contributed by atoms with van der Waals surface area (Å²) in [5.74, 6) is 0. The Morgan fingerprint density at radius 3 is 2.48 bits per heavy atom. The van der Waals surface area contributed by atoms with E-state index >= 15 is 0 Å². The molecule has 3 aromatic carbocycles. The second kappa shape index (κ2) is 5.88. The molecule has 0 heterocycles. The molecule has 1 N–H and O–H groups in total. The Balaban J connectivity index is 2.21. The van der Waals surface area contributed by atoms with E-state index in [4.69, 9.17) is 11.6 Å². The van der Waals surface area contributed by atoms with Crippen molar-refractivity contribution in [2.75, 3.05) is 7.05 Å². The minimum absolute atomic E-state index is 0.134. The average molecular weight is 296 g/mol. The molecule has 0 spiro atoms. The predicted molar refractivity (Wildman–Crippen MR) is 91.0 cm³/mol. The van der Waals surface area contributed by atoms with Gasteiger partial charge in [0.25, 0.3) is 0 Å². The van der Waals surface area contributed by atoms with Crippen molar-refractivity contribution >= 4 is 22.4 Å². The molecule has 0 saturated heterocycles. The zero-order chi connectivity index (χ0) is 14.8. The van der Waals surface area contributed by atoms with Gasteiger partial charge in [-0.15, -0.1) is 0 Å². The van der Waals surface area contributed by atoms with Gasteiger partial charge in [-0.3, -0.25) is 0 Å². The van der Waals surface area contributed by atoms with Crippen LogP contribution < -0.4 is 5.32 Å². The van der Waals surface area contributed by atoms with Gasteiger partial charge in [-0.25, -0.2) is 0 Å². The van der Waals surface area contributed by atoms with Crippen molar-refractivity contribution in [3.63, 3.8) is 0 Å². The molecular formula is C19H18ClN. The van der Waals surface area contributed by atoms with Gasteiger partial charge in [-0.2, -0.15) is 0 Å². The third-order valence-electron chi connectivity index (χ3n) is 3.98. The van der Waals surface area contributed by atoms with Crippen LogP contribution in [0.2, 0.25) is 5.02 Å². The molecule has 0 fully saturated rings. The minimum Gasteiger partial charge on any atom is -0.309 e. The highest BCUT2D eigenvalue weighted by Crippen LogP contribution is 2.31. The lowest BCUT2D eigenvalue weighted by Crippen LogP contribution is -2.19. The number of hydrogen-bond donors (Lipinski definition) is 1. The van der Waals surface area contributed by atoms with E-state index in [-0.39, 0.29) is 6.04 Å². The van der Waals surface area contributed by atoms with Gasteiger partial charge < -0.3 is 5.32 Å². The topological polar surface area (TPSA) is 12.0 Å². The first-order chi connectivity index (χ1) is 10.2. The van der Waals surface area contributed by atoms with Gasteiger partial charge in [0.2, 0.25) is 0 Å². The van der Waals surface area contributed by atoms with Crippen molar-refractivity contribution in [2.24, 2.45) is 0 Å². The normalized spacial score (nSPS) is 12.5. The van der Waals surface area contributed by atoms with Crippen LogP contribution in [-0.4, -0.2) is 7.05 Å². The first-order valence-electron chi connectivity index (χ1n) is 7.11. The molecule has 1 unspecified atom stereocenters. The van der Waals surface area contributed by atoms with Crippen molar-refractivity contribution in [3.05, 3.63) is 82.4 Å². The molecule has 0 aliphatic carbocycles. The van der Waals surface area contributed by atoms with Gasteiger partial charge in [0.15, 0.2) is 0 Å². The summed E-state index contributed by atoms with van der Waals surface area (Å²) in [5.41, 5.74) is 3.74. The molecule has 21 heavy (non-hydrogen) atoms. The first kappa shape index (κ1) is 14.1. The molecule has 106 valence electrons. The van der Waals surface area contributed by atoms with E-state index in [1.807, 2.05) is 13.1 Å². The molecule has 0 amide bonds. The fraction of sp³-hybridized carbons (Fsp3) is 0.158. The maximum absolute atomic E-state index is 6.20. The number of fused-ring (bicyclic) bond motifs is 1. The Morgan fingerprint density at radius 2 is 1.67 bits per heavy atom. The van der Waals surface area contributed by atoms with Crippen molar-refractivity contribution in [2.45, 2.75) is 13.0 Å². The van der Waals surface area contributed by atoms with Crippen LogP contribution in [0, 0.1) is 6.92 Å². The van der Waals surface area contributed by atoms with Crippen LogP contribution in [0.1, 0.15) is 22.7 Å². The third kappa shape index (κ3) is 2.67. The van der Waals surface area contributed by atoms with Crippen molar-refractivity contribution in [3.8, 4) is 0 Å². The summed E-state index contributed by atoms with van der Waals surface area (Å²) in [5, 5.41) is 6.75. The molecular weight excluding hydrogens is 278 g/mol. The summed E-state index contributed by atoms with van der Waals surface area (Å²) in [6.45, 7) is 2.13. The molecule has 1 atom stereocenters. The van der Waals surface area contributed by atoms with Crippen LogP contribution in [0.4, 0.5) is 0 Å². The van der Waals surface area contributed by atoms with Crippen LogP contribution in [-0.2, 0) is 0 Å². The summed E-state index contributed by atoms with van der Waals surface area (Å²) in [4.78, 5) is 0. The molecule has 0 saturated carbocycles. The lowest BCUT2D eigenvalue weighted by molar-refractivity contribution is 0.692. The number of aryl methyl sites for hydroxylation is 1. The van der Waals surface area contributed by atoms with Crippen LogP contribution in [0.15, 0.2) is 60.7 Å².